The first-order chi connectivity index (χ1) is 16.8. The molecule has 1 aliphatic heterocycles. The van der Waals surface area contributed by atoms with Crippen LogP contribution >= 0.6 is 11.3 Å². The Morgan fingerprint density at radius 3 is 2.71 bits per heavy atom. The number of piperidine rings is 1. The summed E-state index contributed by atoms with van der Waals surface area (Å²) in [7, 11) is -2.17. The number of carbonyl (C=O) groups excluding carboxylic acids is 1. The third kappa shape index (κ3) is 5.75. The molecule has 3 heterocycles. The molecular weight excluding hydrogens is 488 g/mol. The molecule has 2 N–H and O–H groups in total. The molecule has 1 saturated heterocycles. The van der Waals surface area contributed by atoms with E-state index in [9.17, 15) is 13.2 Å². The number of nitrogens with zero attached hydrogens (tertiary/aromatic N) is 2. The van der Waals surface area contributed by atoms with Gasteiger partial charge in [-0.25, -0.2) is 8.42 Å². The number of benzene rings is 1. The number of ether oxygens (including phenoxy) is 2. The fraction of sp³-hybridized carbons (Fsp3) is 0.417. The number of thiophene rings is 1. The molecule has 1 amide bonds. The first-order valence-corrected chi connectivity index (χ1v) is 13.8. The van der Waals surface area contributed by atoms with Gasteiger partial charge in [-0.3, -0.25) is 9.89 Å². The fourth-order valence-electron chi connectivity index (χ4n) is 4.42. The fourth-order valence-corrected chi connectivity index (χ4v) is 7.21. The lowest BCUT2D eigenvalue weighted by Gasteiger charge is -2.35. The summed E-state index contributed by atoms with van der Waals surface area (Å²) in [4.78, 5) is 13.7. The van der Waals surface area contributed by atoms with Gasteiger partial charge in [0.2, 0.25) is 10.0 Å². The average molecular weight is 519 g/mol. The lowest BCUT2D eigenvalue weighted by molar-refractivity contribution is -0.121. The van der Waals surface area contributed by atoms with Crippen molar-refractivity contribution in [1.29, 1.82) is 0 Å². The number of hydrogen-bond donors (Lipinski definition) is 2. The minimum Gasteiger partial charge on any atom is -0.497 e. The molecule has 0 bridgehead atoms. The molecular formula is C24H30N4O5S2. The highest BCUT2D eigenvalue weighted by atomic mass is 32.2. The monoisotopic (exact) mass is 518 g/mol. The number of H-pyrrole nitrogens is 1. The molecule has 1 atom stereocenters. The van der Waals surface area contributed by atoms with E-state index in [-0.39, 0.29) is 25.2 Å². The summed E-state index contributed by atoms with van der Waals surface area (Å²) < 4.78 is 39.7. The summed E-state index contributed by atoms with van der Waals surface area (Å²) in [6.07, 6.45) is 2.38. The third-order valence-electron chi connectivity index (χ3n) is 5.98. The average Bonchev–Trinajstić information content (AvgIpc) is 3.51. The van der Waals surface area contributed by atoms with Gasteiger partial charge in [0.1, 0.15) is 12.4 Å². The summed E-state index contributed by atoms with van der Waals surface area (Å²) in [5, 5.41) is 11.7. The number of sulfonamides is 1. The number of amides is 1. The zero-order chi connectivity index (χ0) is 25.0. The van der Waals surface area contributed by atoms with Crippen LogP contribution in [0.1, 0.15) is 30.4 Å². The lowest BCUT2D eigenvalue weighted by Crippen LogP contribution is -2.46. The number of carbonyl (C=O) groups is 1. The standard InChI is InChI=1S/C24H30N4O5S2/c1-16-11-19(32-3)12-17(2)24(16)35(30,31)28-9-5-4-7-18(28)14-33-15-23(29)25-22-13-20(26-27-22)21-8-6-10-34-21/h6,8,10-13,18H,4-5,7,9,14-15H2,1-3H3,(H2,25,26,27,29). The van der Waals surface area contributed by atoms with E-state index in [0.717, 1.165) is 23.4 Å². The molecule has 1 fully saturated rings. The highest BCUT2D eigenvalue weighted by molar-refractivity contribution is 7.89. The molecule has 9 nitrogen and oxygen atoms in total. The minimum absolute atomic E-state index is 0.141. The van der Waals surface area contributed by atoms with Crippen LogP contribution in [0.25, 0.3) is 10.6 Å². The van der Waals surface area contributed by atoms with Gasteiger partial charge in [0, 0.05) is 18.7 Å². The predicted molar refractivity (Wildman–Crippen MR) is 135 cm³/mol. The van der Waals surface area contributed by atoms with Crippen molar-refractivity contribution in [2.24, 2.45) is 0 Å². The predicted octanol–water partition coefficient (Wildman–Crippen LogP) is 3.96. The van der Waals surface area contributed by atoms with Gasteiger partial charge in [0.25, 0.3) is 5.91 Å². The molecule has 0 radical (unpaired) electrons. The van der Waals surface area contributed by atoms with Crippen molar-refractivity contribution >= 4 is 33.1 Å². The normalized spacial score (nSPS) is 16.8. The molecule has 0 saturated carbocycles. The maximum atomic E-state index is 13.6. The van der Waals surface area contributed by atoms with E-state index in [1.807, 2.05) is 17.5 Å². The molecule has 3 aromatic rings. The second-order valence-corrected chi connectivity index (χ2v) is 11.3. The first kappa shape index (κ1) is 25.4. The summed E-state index contributed by atoms with van der Waals surface area (Å²) in [6, 6.07) is 8.80. The molecule has 1 unspecified atom stereocenters. The van der Waals surface area contributed by atoms with Crippen LogP contribution in [0.2, 0.25) is 0 Å². The number of methoxy groups -OCH3 is 1. The number of rotatable bonds is 9. The van der Waals surface area contributed by atoms with Crippen LogP contribution in [-0.2, 0) is 19.6 Å². The molecule has 4 rings (SSSR count). The second-order valence-electron chi connectivity index (χ2n) is 8.56. The van der Waals surface area contributed by atoms with E-state index in [1.165, 1.54) is 4.31 Å². The quantitative estimate of drug-likeness (QED) is 0.443. The van der Waals surface area contributed by atoms with Crippen molar-refractivity contribution in [1.82, 2.24) is 14.5 Å². The molecule has 0 aliphatic carbocycles. The van der Waals surface area contributed by atoms with Gasteiger partial charge in [0.15, 0.2) is 5.82 Å². The Hall–Kier alpha value is -2.73. The van der Waals surface area contributed by atoms with Crippen LogP contribution in [0.5, 0.6) is 5.75 Å². The molecule has 1 aliphatic rings. The Balaban J connectivity index is 1.37. The molecule has 1 aromatic carbocycles. The van der Waals surface area contributed by atoms with Crippen LogP contribution in [0.4, 0.5) is 5.82 Å². The molecule has 188 valence electrons. The largest absolute Gasteiger partial charge is 0.497 e. The zero-order valence-corrected chi connectivity index (χ0v) is 21.7. The van der Waals surface area contributed by atoms with Crippen LogP contribution in [0.15, 0.2) is 40.6 Å². The highest BCUT2D eigenvalue weighted by Gasteiger charge is 2.35. The Morgan fingerprint density at radius 2 is 2.03 bits per heavy atom. The van der Waals surface area contributed by atoms with E-state index in [4.69, 9.17) is 9.47 Å². The van der Waals surface area contributed by atoms with Gasteiger partial charge in [0.05, 0.1) is 29.2 Å². The molecule has 0 spiro atoms. The van der Waals surface area contributed by atoms with Crippen LogP contribution in [0.3, 0.4) is 0 Å². The van der Waals surface area contributed by atoms with Crippen LogP contribution in [0, 0.1) is 13.8 Å². The third-order valence-corrected chi connectivity index (χ3v) is 9.15. The number of nitrogens with one attached hydrogen (secondary N) is 2. The number of hydrogen-bond acceptors (Lipinski definition) is 7. The van der Waals surface area contributed by atoms with Gasteiger partial charge < -0.3 is 14.8 Å². The summed E-state index contributed by atoms with van der Waals surface area (Å²) in [6.45, 7) is 3.93. The van der Waals surface area contributed by atoms with Crippen molar-refractivity contribution in [3.8, 4) is 16.3 Å². The number of aryl methyl sites for hydroxylation is 2. The molecule has 2 aromatic heterocycles. The van der Waals surface area contributed by atoms with Gasteiger partial charge in [-0.1, -0.05) is 12.5 Å². The van der Waals surface area contributed by atoms with Crippen LogP contribution < -0.4 is 10.1 Å². The van der Waals surface area contributed by atoms with Crippen molar-refractivity contribution in [3.63, 3.8) is 0 Å². The Kier molecular flexibility index (Phi) is 7.90. The van der Waals surface area contributed by atoms with Gasteiger partial charge in [-0.15, -0.1) is 11.3 Å². The topological polar surface area (TPSA) is 114 Å². The summed E-state index contributed by atoms with van der Waals surface area (Å²) in [5.74, 6) is 0.693. The second kappa shape index (κ2) is 10.9. The van der Waals surface area contributed by atoms with Crippen molar-refractivity contribution in [3.05, 3.63) is 46.8 Å². The van der Waals surface area contributed by atoms with Gasteiger partial charge in [-0.05, 0) is 61.4 Å². The van der Waals surface area contributed by atoms with Crippen molar-refractivity contribution < 1.29 is 22.7 Å². The summed E-state index contributed by atoms with van der Waals surface area (Å²) in [5.41, 5.74) is 2.11. The SMILES string of the molecule is COc1cc(C)c(S(=O)(=O)N2CCCCC2COCC(=O)Nc2cc(-c3cccs3)[nH]n2)c(C)c1. The smallest absolute Gasteiger partial charge is 0.251 e. The van der Waals surface area contributed by atoms with Gasteiger partial charge in [-0.2, -0.15) is 9.40 Å². The first-order valence-electron chi connectivity index (χ1n) is 11.4. The Morgan fingerprint density at radius 1 is 1.26 bits per heavy atom. The molecule has 35 heavy (non-hydrogen) atoms. The number of anilines is 1. The van der Waals surface area contributed by atoms with Crippen molar-refractivity contribution in [2.45, 2.75) is 44.0 Å². The van der Waals surface area contributed by atoms with E-state index < -0.39 is 10.0 Å². The van der Waals surface area contributed by atoms with E-state index in [2.05, 4.69) is 15.5 Å². The molecule has 11 heteroatoms. The maximum Gasteiger partial charge on any atom is 0.251 e. The highest BCUT2D eigenvalue weighted by Crippen LogP contribution is 2.32. The number of aromatic amines is 1. The maximum absolute atomic E-state index is 13.6. The van der Waals surface area contributed by atoms with E-state index >= 15 is 0 Å². The summed E-state index contributed by atoms with van der Waals surface area (Å²) >= 11 is 1.57. The van der Waals surface area contributed by atoms with E-state index in [1.54, 1.807) is 50.5 Å². The number of aromatic nitrogens is 2. The Bertz CT molecular complexity index is 1250. The minimum atomic E-state index is -3.73. The van der Waals surface area contributed by atoms with Crippen molar-refractivity contribution in [2.75, 3.05) is 32.2 Å². The van der Waals surface area contributed by atoms with E-state index in [0.29, 0.717) is 40.6 Å². The van der Waals surface area contributed by atoms with Crippen LogP contribution in [-0.4, -0.2) is 61.7 Å². The van der Waals surface area contributed by atoms with Gasteiger partial charge >= 0.3 is 0 Å². The Labute approximate surface area is 209 Å². The zero-order valence-electron chi connectivity index (χ0n) is 20.0. The lowest BCUT2D eigenvalue weighted by atomic mass is 10.1.